The quantitative estimate of drug-likeness (QED) is 0.107. The lowest BCUT2D eigenvalue weighted by Crippen LogP contribution is -2.24. The van der Waals surface area contributed by atoms with Crippen molar-refractivity contribution in [2.75, 3.05) is 20.3 Å². The first-order valence-electron chi connectivity index (χ1n) is 11.8. The van der Waals surface area contributed by atoms with E-state index in [4.69, 9.17) is 30.5 Å². The van der Waals surface area contributed by atoms with Crippen LogP contribution in [0, 0.1) is 0 Å². The van der Waals surface area contributed by atoms with Crippen LogP contribution in [0.5, 0.6) is 0 Å². The van der Waals surface area contributed by atoms with E-state index in [2.05, 4.69) is 6.92 Å². The van der Waals surface area contributed by atoms with E-state index in [0.29, 0.717) is 12.2 Å². The summed E-state index contributed by atoms with van der Waals surface area (Å²) in [5.74, 6) is -0.568. The highest BCUT2D eigenvalue weighted by Gasteiger charge is 2.19. The molecule has 0 N–H and O–H groups in total. The fourth-order valence-electron chi connectivity index (χ4n) is 3.33. The lowest BCUT2D eigenvalue weighted by molar-refractivity contribution is -0.0844. The molecule has 0 aliphatic carbocycles. The predicted octanol–water partition coefficient (Wildman–Crippen LogP) is 6.32. The number of hydrogen-bond acceptors (Lipinski definition) is 6. The van der Waals surface area contributed by atoms with Gasteiger partial charge >= 0.3 is 12.1 Å². The number of carbonyl (C=O) groups excluding carboxylic acids is 2. The number of halogens is 1. The van der Waals surface area contributed by atoms with Crippen LogP contribution in [0.25, 0.3) is 0 Å². The Kier molecular flexibility index (Phi) is 15.7. The summed E-state index contributed by atoms with van der Waals surface area (Å²) in [6.07, 6.45) is 11.9. The standard InChI is InChI=1S/C24H40ClNO6/c1-4-5-6-7-8-9-10-11-13-21(25)15-17-26-16-12-14-22(26)23(27)31-20(2)32-24(28)30-19-18-29-3/h12,14,16,20-21H,4-11,13,15,17-19H2,1-3H3. The number of nitrogens with zero attached hydrogens (tertiary/aromatic N) is 1. The van der Waals surface area contributed by atoms with Crippen LogP contribution in [0.2, 0.25) is 0 Å². The Morgan fingerprint density at radius 3 is 2.38 bits per heavy atom. The fourth-order valence-corrected chi connectivity index (χ4v) is 3.58. The number of unbranched alkanes of at least 4 members (excludes halogenated alkanes) is 7. The van der Waals surface area contributed by atoms with Crippen molar-refractivity contribution in [3.63, 3.8) is 0 Å². The number of rotatable bonds is 18. The zero-order valence-corrected chi connectivity index (χ0v) is 20.6. The molecular weight excluding hydrogens is 434 g/mol. The average Bonchev–Trinajstić information content (AvgIpc) is 3.23. The average molecular weight is 474 g/mol. The molecule has 32 heavy (non-hydrogen) atoms. The molecule has 2 unspecified atom stereocenters. The molecule has 7 nitrogen and oxygen atoms in total. The molecule has 0 saturated heterocycles. The third kappa shape index (κ3) is 13.0. The van der Waals surface area contributed by atoms with Crippen molar-refractivity contribution in [3.8, 4) is 0 Å². The van der Waals surface area contributed by atoms with E-state index in [1.54, 1.807) is 12.1 Å². The molecule has 8 heteroatoms. The Labute approximate surface area is 197 Å². The molecule has 2 atom stereocenters. The monoisotopic (exact) mass is 473 g/mol. The molecule has 0 aliphatic heterocycles. The number of alkyl halides is 1. The van der Waals surface area contributed by atoms with Crippen molar-refractivity contribution in [3.05, 3.63) is 24.0 Å². The summed E-state index contributed by atoms with van der Waals surface area (Å²) in [4.78, 5) is 23.9. The van der Waals surface area contributed by atoms with E-state index in [9.17, 15) is 9.59 Å². The molecular formula is C24H40ClNO6. The molecule has 0 bridgehead atoms. The van der Waals surface area contributed by atoms with Crippen LogP contribution in [0.1, 0.15) is 88.5 Å². The summed E-state index contributed by atoms with van der Waals surface area (Å²) in [6, 6.07) is 3.46. The number of esters is 1. The Bertz CT molecular complexity index is 636. The van der Waals surface area contributed by atoms with Crippen LogP contribution in [0.4, 0.5) is 4.79 Å². The van der Waals surface area contributed by atoms with Crippen LogP contribution in [-0.2, 0) is 25.5 Å². The number of methoxy groups -OCH3 is 1. The van der Waals surface area contributed by atoms with Gasteiger partial charge in [-0.2, -0.15) is 0 Å². The van der Waals surface area contributed by atoms with Crippen molar-refractivity contribution in [2.24, 2.45) is 0 Å². The topological polar surface area (TPSA) is 76.0 Å². The van der Waals surface area contributed by atoms with Crippen LogP contribution in [0.3, 0.4) is 0 Å². The summed E-state index contributed by atoms with van der Waals surface area (Å²) in [7, 11) is 1.50. The van der Waals surface area contributed by atoms with Crippen molar-refractivity contribution in [2.45, 2.75) is 96.3 Å². The maximum absolute atomic E-state index is 12.4. The van der Waals surface area contributed by atoms with Gasteiger partial charge in [0.2, 0.25) is 6.29 Å². The second-order valence-corrected chi connectivity index (χ2v) is 8.54. The smallest absolute Gasteiger partial charge is 0.432 e. The second kappa shape index (κ2) is 17.8. The van der Waals surface area contributed by atoms with Gasteiger partial charge in [-0.3, -0.25) is 0 Å². The zero-order chi connectivity index (χ0) is 23.6. The number of ether oxygens (including phenoxy) is 4. The van der Waals surface area contributed by atoms with Gasteiger partial charge in [0.25, 0.3) is 0 Å². The van der Waals surface area contributed by atoms with Gasteiger partial charge in [0.05, 0.1) is 6.61 Å². The van der Waals surface area contributed by atoms with Gasteiger partial charge in [0.1, 0.15) is 12.3 Å². The summed E-state index contributed by atoms with van der Waals surface area (Å²) in [6.45, 7) is 4.65. The predicted molar refractivity (Wildman–Crippen MR) is 125 cm³/mol. The largest absolute Gasteiger partial charge is 0.511 e. The lowest BCUT2D eigenvalue weighted by Gasteiger charge is -2.16. The Balaban J connectivity index is 2.27. The van der Waals surface area contributed by atoms with Crippen molar-refractivity contribution < 1.29 is 28.5 Å². The van der Waals surface area contributed by atoms with Gasteiger partial charge in [-0.25, -0.2) is 9.59 Å². The molecule has 1 heterocycles. The molecule has 0 saturated carbocycles. The maximum atomic E-state index is 12.4. The van der Waals surface area contributed by atoms with E-state index in [0.717, 1.165) is 19.3 Å². The summed E-state index contributed by atoms with van der Waals surface area (Å²) < 4.78 is 21.5. The number of aromatic nitrogens is 1. The summed E-state index contributed by atoms with van der Waals surface area (Å²) >= 11 is 6.49. The van der Waals surface area contributed by atoms with E-state index in [1.807, 2.05) is 10.8 Å². The Morgan fingerprint density at radius 1 is 1.00 bits per heavy atom. The Hall–Kier alpha value is -1.73. The summed E-state index contributed by atoms with van der Waals surface area (Å²) in [5, 5.41) is 0.0745. The molecule has 1 rings (SSSR count). The van der Waals surface area contributed by atoms with E-state index >= 15 is 0 Å². The van der Waals surface area contributed by atoms with Gasteiger partial charge in [-0.15, -0.1) is 11.6 Å². The molecule has 0 spiro atoms. The highest BCUT2D eigenvalue weighted by Crippen LogP contribution is 2.17. The van der Waals surface area contributed by atoms with Crippen molar-refractivity contribution >= 4 is 23.7 Å². The second-order valence-electron chi connectivity index (χ2n) is 7.92. The molecule has 0 fully saturated rings. The van der Waals surface area contributed by atoms with Gasteiger partial charge in [-0.05, 0) is 25.0 Å². The van der Waals surface area contributed by atoms with Crippen molar-refractivity contribution in [1.82, 2.24) is 4.57 Å². The molecule has 0 aromatic carbocycles. The van der Waals surface area contributed by atoms with Crippen LogP contribution in [0.15, 0.2) is 18.3 Å². The molecule has 0 aliphatic rings. The SMILES string of the molecule is CCCCCCCCCCC(Cl)CCn1cccc1C(=O)OC(C)OC(=O)OCCOC. The molecule has 1 aromatic heterocycles. The molecule has 0 amide bonds. The minimum absolute atomic E-state index is 0.0669. The van der Waals surface area contributed by atoms with E-state index < -0.39 is 18.4 Å². The summed E-state index contributed by atoms with van der Waals surface area (Å²) in [5.41, 5.74) is 0.393. The van der Waals surface area contributed by atoms with Gasteiger partial charge in [0.15, 0.2) is 0 Å². The van der Waals surface area contributed by atoms with Crippen LogP contribution < -0.4 is 0 Å². The fraction of sp³-hybridized carbons (Fsp3) is 0.750. The third-order valence-electron chi connectivity index (χ3n) is 5.14. The van der Waals surface area contributed by atoms with Gasteiger partial charge in [-0.1, -0.05) is 58.3 Å². The minimum atomic E-state index is -1.07. The first-order chi connectivity index (χ1) is 15.5. The first kappa shape index (κ1) is 28.3. The highest BCUT2D eigenvalue weighted by atomic mass is 35.5. The normalized spacial score (nSPS) is 12.9. The first-order valence-corrected chi connectivity index (χ1v) is 12.2. The minimum Gasteiger partial charge on any atom is -0.432 e. The third-order valence-corrected chi connectivity index (χ3v) is 5.57. The van der Waals surface area contributed by atoms with Crippen LogP contribution >= 0.6 is 11.6 Å². The zero-order valence-electron chi connectivity index (χ0n) is 19.9. The molecule has 1 aromatic rings. The lowest BCUT2D eigenvalue weighted by atomic mass is 10.1. The molecule has 0 radical (unpaired) electrons. The van der Waals surface area contributed by atoms with Gasteiger partial charge in [0, 0.05) is 32.2 Å². The van der Waals surface area contributed by atoms with Gasteiger partial charge < -0.3 is 23.5 Å². The Morgan fingerprint density at radius 2 is 1.69 bits per heavy atom. The number of aryl methyl sites for hydroxylation is 1. The number of carbonyl (C=O) groups is 2. The highest BCUT2D eigenvalue weighted by molar-refractivity contribution is 6.20. The van der Waals surface area contributed by atoms with Crippen molar-refractivity contribution in [1.29, 1.82) is 0 Å². The maximum Gasteiger partial charge on any atom is 0.511 e. The van der Waals surface area contributed by atoms with E-state index in [1.165, 1.54) is 59.0 Å². The molecule has 184 valence electrons. The van der Waals surface area contributed by atoms with E-state index in [-0.39, 0.29) is 18.6 Å². The van der Waals surface area contributed by atoms with Crippen LogP contribution in [-0.4, -0.2) is 48.7 Å². The number of hydrogen-bond donors (Lipinski definition) is 0.